The monoisotopic (exact) mass is 417 g/mol. The lowest BCUT2D eigenvalue weighted by Crippen LogP contribution is -2.13. The van der Waals surface area contributed by atoms with E-state index in [-0.39, 0.29) is 24.3 Å². The lowest BCUT2D eigenvalue weighted by molar-refractivity contribution is 0.0905. The van der Waals surface area contributed by atoms with E-state index in [1.165, 1.54) is 18.2 Å². The zero-order valence-electron chi connectivity index (χ0n) is 16.8. The first-order valence-corrected chi connectivity index (χ1v) is 10.3. The Hall–Kier alpha value is -3.38. The molecule has 0 aliphatic carbocycles. The van der Waals surface area contributed by atoms with E-state index >= 15 is 0 Å². The Labute approximate surface area is 179 Å². The average molecular weight is 417 g/mol. The molecule has 1 aliphatic heterocycles. The zero-order valence-corrected chi connectivity index (χ0v) is 16.8. The summed E-state index contributed by atoms with van der Waals surface area (Å²) in [6.45, 7) is 0.682. The van der Waals surface area contributed by atoms with Gasteiger partial charge in [-0.1, -0.05) is 18.2 Å². The van der Waals surface area contributed by atoms with E-state index in [1.807, 2.05) is 18.2 Å². The number of hydrogen-bond donors (Lipinski definition) is 0. The molecular weight excluding hydrogens is 396 g/mol. The maximum absolute atomic E-state index is 13.9. The van der Waals surface area contributed by atoms with Crippen molar-refractivity contribution in [2.75, 3.05) is 6.61 Å². The molecule has 0 saturated carbocycles. The van der Waals surface area contributed by atoms with E-state index in [0.29, 0.717) is 12.2 Å². The molecule has 6 heteroatoms. The maximum Gasteiger partial charge on any atom is 0.128 e. The van der Waals surface area contributed by atoms with Gasteiger partial charge < -0.3 is 9.30 Å². The maximum atomic E-state index is 13.9. The van der Waals surface area contributed by atoms with Gasteiger partial charge in [0.25, 0.3) is 0 Å². The van der Waals surface area contributed by atoms with Crippen LogP contribution in [0.25, 0.3) is 22.5 Å². The number of ether oxygens (including phenoxy) is 1. The minimum absolute atomic E-state index is 0.0895. The molecule has 2 aromatic carbocycles. The molecule has 0 spiro atoms. The van der Waals surface area contributed by atoms with Crippen LogP contribution in [0.15, 0.2) is 73.1 Å². The Balaban J connectivity index is 1.47. The fourth-order valence-electron chi connectivity index (χ4n) is 4.15. The van der Waals surface area contributed by atoms with Gasteiger partial charge in [0.15, 0.2) is 0 Å². The van der Waals surface area contributed by atoms with Crippen LogP contribution in [0, 0.1) is 11.6 Å². The molecule has 3 heterocycles. The van der Waals surface area contributed by atoms with Crippen LogP contribution in [0.2, 0.25) is 0 Å². The Kier molecular flexibility index (Phi) is 5.30. The SMILES string of the molecule is Fc1ccc(-c2nc3n(c2-c2ccncc2)[C@H](COCc2ccccc2F)CC3)cc1. The first kappa shape index (κ1) is 19.6. The van der Waals surface area contributed by atoms with Crippen LogP contribution in [0.3, 0.4) is 0 Å². The minimum atomic E-state index is -0.277. The van der Waals surface area contributed by atoms with Gasteiger partial charge in [0.2, 0.25) is 0 Å². The number of nitrogens with zero attached hydrogens (tertiary/aromatic N) is 3. The highest BCUT2D eigenvalue weighted by Gasteiger charge is 2.30. The van der Waals surface area contributed by atoms with E-state index in [9.17, 15) is 8.78 Å². The predicted octanol–water partition coefficient (Wildman–Crippen LogP) is 5.59. The summed E-state index contributed by atoms with van der Waals surface area (Å²) in [5, 5.41) is 0. The smallest absolute Gasteiger partial charge is 0.128 e. The molecule has 31 heavy (non-hydrogen) atoms. The Bertz CT molecular complexity index is 1190. The third kappa shape index (κ3) is 3.86. The lowest BCUT2D eigenvalue weighted by Gasteiger charge is -2.18. The fraction of sp³-hybridized carbons (Fsp3) is 0.200. The van der Waals surface area contributed by atoms with Gasteiger partial charge in [-0.05, 0) is 48.9 Å². The van der Waals surface area contributed by atoms with E-state index in [4.69, 9.17) is 9.72 Å². The molecule has 0 unspecified atom stereocenters. The van der Waals surface area contributed by atoms with Gasteiger partial charge in [0, 0.05) is 35.5 Å². The number of fused-ring (bicyclic) bond motifs is 1. The van der Waals surface area contributed by atoms with Crippen molar-refractivity contribution in [3.05, 3.63) is 96.1 Å². The van der Waals surface area contributed by atoms with Crippen LogP contribution in [-0.2, 0) is 17.8 Å². The van der Waals surface area contributed by atoms with Crippen molar-refractivity contribution in [2.24, 2.45) is 0 Å². The van der Waals surface area contributed by atoms with Crippen molar-refractivity contribution in [3.63, 3.8) is 0 Å². The summed E-state index contributed by atoms with van der Waals surface area (Å²) in [4.78, 5) is 9.04. The summed E-state index contributed by atoms with van der Waals surface area (Å²) in [5.41, 5.74) is 4.20. The topological polar surface area (TPSA) is 39.9 Å². The summed E-state index contributed by atoms with van der Waals surface area (Å²) in [5.74, 6) is 0.444. The molecule has 4 aromatic rings. The highest BCUT2D eigenvalue weighted by atomic mass is 19.1. The molecule has 0 amide bonds. The van der Waals surface area contributed by atoms with Crippen molar-refractivity contribution >= 4 is 0 Å². The molecule has 0 radical (unpaired) electrons. The van der Waals surface area contributed by atoms with Crippen LogP contribution < -0.4 is 0 Å². The second kappa shape index (κ2) is 8.40. The Morgan fingerprint density at radius 1 is 0.935 bits per heavy atom. The van der Waals surface area contributed by atoms with Gasteiger partial charge in [-0.3, -0.25) is 4.98 Å². The fourth-order valence-corrected chi connectivity index (χ4v) is 4.15. The average Bonchev–Trinajstić information content (AvgIpc) is 3.36. The first-order valence-electron chi connectivity index (χ1n) is 10.3. The van der Waals surface area contributed by atoms with Crippen molar-refractivity contribution in [1.29, 1.82) is 0 Å². The molecule has 0 saturated heterocycles. The Morgan fingerprint density at radius 3 is 2.48 bits per heavy atom. The highest BCUT2D eigenvalue weighted by molar-refractivity contribution is 5.79. The molecule has 4 nitrogen and oxygen atoms in total. The van der Waals surface area contributed by atoms with E-state index in [2.05, 4.69) is 9.55 Å². The molecule has 0 bridgehead atoms. The number of rotatable bonds is 6. The van der Waals surface area contributed by atoms with E-state index < -0.39 is 0 Å². The highest BCUT2D eigenvalue weighted by Crippen LogP contribution is 2.39. The second-order valence-corrected chi connectivity index (χ2v) is 7.64. The molecule has 5 rings (SSSR count). The number of imidazole rings is 1. The van der Waals surface area contributed by atoms with Crippen LogP contribution in [0.1, 0.15) is 23.9 Å². The summed E-state index contributed by atoms with van der Waals surface area (Å²) < 4.78 is 35.5. The normalized spacial score (nSPS) is 15.2. The van der Waals surface area contributed by atoms with Crippen molar-refractivity contribution in [3.8, 4) is 22.5 Å². The first-order chi connectivity index (χ1) is 15.2. The van der Waals surface area contributed by atoms with Crippen molar-refractivity contribution < 1.29 is 13.5 Å². The summed E-state index contributed by atoms with van der Waals surface area (Å²) in [6, 6.07) is 17.1. The number of benzene rings is 2. The zero-order chi connectivity index (χ0) is 21.2. The van der Waals surface area contributed by atoms with Gasteiger partial charge in [-0.15, -0.1) is 0 Å². The van der Waals surface area contributed by atoms with Crippen LogP contribution in [0.4, 0.5) is 8.78 Å². The summed E-state index contributed by atoms with van der Waals surface area (Å²) in [7, 11) is 0. The molecule has 1 atom stereocenters. The summed E-state index contributed by atoms with van der Waals surface area (Å²) in [6.07, 6.45) is 5.24. The van der Waals surface area contributed by atoms with Gasteiger partial charge in [0.1, 0.15) is 17.5 Å². The second-order valence-electron chi connectivity index (χ2n) is 7.64. The standard InChI is InChI=1S/C25H21F2N3O/c26-20-7-5-17(6-8-20)24-25(18-11-13-28-14-12-18)30-21(9-10-23(30)29-24)16-31-15-19-3-1-2-4-22(19)27/h1-8,11-14,21H,9-10,15-16H2/t21-/m0/s1. The molecule has 1 aliphatic rings. The van der Waals surface area contributed by atoms with Gasteiger partial charge in [0.05, 0.1) is 30.6 Å². The molecular formula is C25H21F2N3O. The quantitative estimate of drug-likeness (QED) is 0.410. The number of aryl methyl sites for hydroxylation is 1. The number of pyridine rings is 1. The molecule has 0 fully saturated rings. The number of hydrogen-bond acceptors (Lipinski definition) is 3. The van der Waals surface area contributed by atoms with Crippen LogP contribution >= 0.6 is 0 Å². The summed E-state index contributed by atoms with van der Waals surface area (Å²) >= 11 is 0. The molecule has 2 aromatic heterocycles. The number of halogens is 2. The molecule has 156 valence electrons. The van der Waals surface area contributed by atoms with Crippen molar-refractivity contribution in [2.45, 2.75) is 25.5 Å². The van der Waals surface area contributed by atoms with Crippen molar-refractivity contribution in [1.82, 2.24) is 14.5 Å². The predicted molar refractivity (Wildman–Crippen MR) is 114 cm³/mol. The third-order valence-corrected chi connectivity index (χ3v) is 5.65. The molecule has 0 N–H and O–H groups in total. The van der Waals surface area contributed by atoms with Gasteiger partial charge in [-0.25, -0.2) is 13.8 Å². The van der Waals surface area contributed by atoms with Crippen LogP contribution in [-0.4, -0.2) is 21.1 Å². The van der Waals surface area contributed by atoms with Crippen LogP contribution in [0.5, 0.6) is 0 Å². The van der Waals surface area contributed by atoms with E-state index in [0.717, 1.165) is 41.2 Å². The lowest BCUT2D eigenvalue weighted by atomic mass is 10.0. The van der Waals surface area contributed by atoms with Gasteiger partial charge >= 0.3 is 0 Å². The Morgan fingerprint density at radius 2 is 1.71 bits per heavy atom. The van der Waals surface area contributed by atoms with Gasteiger partial charge in [-0.2, -0.15) is 0 Å². The van der Waals surface area contributed by atoms with E-state index in [1.54, 1.807) is 36.7 Å². The minimum Gasteiger partial charge on any atom is -0.375 e. The number of aromatic nitrogens is 3. The third-order valence-electron chi connectivity index (χ3n) is 5.65. The largest absolute Gasteiger partial charge is 0.375 e.